The highest BCUT2D eigenvalue weighted by Crippen LogP contribution is 2.28. The third-order valence-corrected chi connectivity index (χ3v) is 4.64. The maximum atomic E-state index is 12.2. The van der Waals surface area contributed by atoms with Gasteiger partial charge in [0.2, 0.25) is 0 Å². The summed E-state index contributed by atoms with van der Waals surface area (Å²) in [6.07, 6.45) is 0. The van der Waals surface area contributed by atoms with Crippen molar-refractivity contribution in [1.82, 2.24) is 10.3 Å². The molecule has 4 nitrogen and oxygen atoms in total. The van der Waals surface area contributed by atoms with Crippen LogP contribution in [-0.2, 0) is 12.1 Å². The summed E-state index contributed by atoms with van der Waals surface area (Å²) in [5.74, 6) is -0.248. The summed E-state index contributed by atoms with van der Waals surface area (Å²) in [6.45, 7) is 4.11. The molecule has 0 aliphatic carbocycles. The van der Waals surface area contributed by atoms with Gasteiger partial charge in [-0.25, -0.2) is 4.98 Å². The Bertz CT molecular complexity index is 673. The normalized spacial score (nSPS) is 11.0. The molecule has 0 saturated heterocycles. The molecule has 0 spiro atoms. The maximum Gasteiger partial charge on any atom is 0.271 e. The molecule has 0 fully saturated rings. The third kappa shape index (κ3) is 4.33. The molecule has 1 amide bonds. The van der Waals surface area contributed by atoms with Crippen LogP contribution in [0.3, 0.4) is 0 Å². The van der Waals surface area contributed by atoms with E-state index in [-0.39, 0.29) is 18.3 Å². The molecule has 0 unspecified atom stereocenters. The number of benzene rings is 1. The summed E-state index contributed by atoms with van der Waals surface area (Å²) in [5, 5.41) is 6.30. The Morgan fingerprint density at radius 2 is 2.05 bits per heavy atom. The first-order chi connectivity index (χ1) is 9.83. The Morgan fingerprint density at radius 3 is 2.59 bits per heavy atom. The van der Waals surface area contributed by atoms with Crippen molar-refractivity contribution in [3.05, 3.63) is 49.9 Å². The molecule has 0 atom stereocenters. The van der Waals surface area contributed by atoms with Crippen LogP contribution in [-0.4, -0.2) is 10.9 Å². The molecule has 2 aromatic rings. The predicted molar refractivity (Wildman–Crippen MR) is 94.2 cm³/mol. The van der Waals surface area contributed by atoms with Crippen molar-refractivity contribution in [3.63, 3.8) is 0 Å². The average Bonchev–Trinajstić information content (AvgIpc) is 2.90. The number of carbonyl (C=O) groups is 1. The molecule has 0 bridgehead atoms. The quantitative estimate of drug-likeness (QED) is 0.842. The van der Waals surface area contributed by atoms with Crippen LogP contribution in [0.1, 0.15) is 34.9 Å². The van der Waals surface area contributed by atoms with E-state index in [0.29, 0.717) is 22.3 Å². The van der Waals surface area contributed by atoms with Gasteiger partial charge in [-0.3, -0.25) is 4.79 Å². The van der Waals surface area contributed by atoms with Gasteiger partial charge >= 0.3 is 0 Å². The van der Waals surface area contributed by atoms with Gasteiger partial charge in [-0.2, -0.15) is 0 Å². The SMILES string of the molecule is CC(C)(NC(=O)c1csc(CN)n1)c1ccc(Cl)c(Cl)c1.Cl. The fourth-order valence-electron chi connectivity index (χ4n) is 1.81. The molecular formula is C14H16Cl3N3OS. The number of amides is 1. The van der Waals surface area contributed by atoms with E-state index in [4.69, 9.17) is 28.9 Å². The Labute approximate surface area is 149 Å². The lowest BCUT2D eigenvalue weighted by atomic mass is 9.94. The molecule has 0 radical (unpaired) electrons. The molecule has 120 valence electrons. The molecular weight excluding hydrogens is 365 g/mol. The van der Waals surface area contributed by atoms with Gasteiger partial charge in [-0.15, -0.1) is 23.7 Å². The van der Waals surface area contributed by atoms with Gasteiger partial charge in [-0.05, 0) is 31.5 Å². The predicted octanol–water partition coefficient (Wildman–Crippen LogP) is 4.00. The monoisotopic (exact) mass is 379 g/mol. The van der Waals surface area contributed by atoms with Gasteiger partial charge in [0.05, 0.1) is 15.6 Å². The lowest BCUT2D eigenvalue weighted by Gasteiger charge is -2.27. The lowest BCUT2D eigenvalue weighted by molar-refractivity contribution is 0.0907. The molecule has 0 saturated carbocycles. The van der Waals surface area contributed by atoms with Crippen molar-refractivity contribution in [1.29, 1.82) is 0 Å². The summed E-state index contributed by atoms with van der Waals surface area (Å²) >= 11 is 13.3. The topological polar surface area (TPSA) is 68.0 Å². The molecule has 0 aliphatic heterocycles. The zero-order valence-electron chi connectivity index (χ0n) is 12.0. The number of nitrogens with one attached hydrogen (secondary N) is 1. The number of hydrogen-bond acceptors (Lipinski definition) is 4. The van der Waals surface area contributed by atoms with E-state index >= 15 is 0 Å². The zero-order chi connectivity index (χ0) is 15.6. The van der Waals surface area contributed by atoms with E-state index in [1.807, 2.05) is 19.9 Å². The van der Waals surface area contributed by atoms with Crippen molar-refractivity contribution in [2.45, 2.75) is 25.9 Å². The van der Waals surface area contributed by atoms with Crippen LogP contribution >= 0.6 is 46.9 Å². The average molecular weight is 381 g/mol. The Hall–Kier alpha value is -0.850. The molecule has 2 rings (SSSR count). The van der Waals surface area contributed by atoms with Crippen molar-refractivity contribution in [3.8, 4) is 0 Å². The summed E-state index contributed by atoms with van der Waals surface area (Å²) in [5.41, 5.74) is 6.13. The van der Waals surface area contributed by atoms with Crippen LogP contribution in [0.2, 0.25) is 10.0 Å². The largest absolute Gasteiger partial charge is 0.342 e. The Balaban J connectivity index is 0.00000242. The summed E-state index contributed by atoms with van der Waals surface area (Å²) in [4.78, 5) is 16.4. The van der Waals surface area contributed by atoms with Crippen LogP contribution in [0.25, 0.3) is 0 Å². The molecule has 22 heavy (non-hydrogen) atoms. The van der Waals surface area contributed by atoms with E-state index in [1.54, 1.807) is 17.5 Å². The standard InChI is InChI=1S/C14H15Cl2N3OS.ClH/c1-14(2,8-3-4-9(15)10(16)5-8)19-13(20)11-7-21-12(6-17)18-11;/h3-5,7H,6,17H2,1-2H3,(H,19,20);1H. The number of aromatic nitrogens is 1. The van der Waals surface area contributed by atoms with Crippen molar-refractivity contribution in [2.24, 2.45) is 5.73 Å². The fraction of sp³-hybridized carbons (Fsp3) is 0.286. The minimum Gasteiger partial charge on any atom is -0.342 e. The molecule has 1 aromatic carbocycles. The summed E-state index contributed by atoms with van der Waals surface area (Å²) < 4.78 is 0. The van der Waals surface area contributed by atoms with Crippen molar-refractivity contribution < 1.29 is 4.79 Å². The highest BCUT2D eigenvalue weighted by molar-refractivity contribution is 7.09. The van der Waals surface area contributed by atoms with Crippen molar-refractivity contribution >= 4 is 52.9 Å². The van der Waals surface area contributed by atoms with Crippen LogP contribution in [0.4, 0.5) is 0 Å². The van der Waals surface area contributed by atoms with Crippen LogP contribution in [0.5, 0.6) is 0 Å². The van der Waals surface area contributed by atoms with Gasteiger partial charge in [0.15, 0.2) is 0 Å². The van der Waals surface area contributed by atoms with E-state index in [2.05, 4.69) is 10.3 Å². The molecule has 1 aromatic heterocycles. The summed E-state index contributed by atoms with van der Waals surface area (Å²) in [6, 6.07) is 5.29. The molecule has 1 heterocycles. The number of nitrogens with zero attached hydrogens (tertiary/aromatic N) is 1. The minimum absolute atomic E-state index is 0. The lowest BCUT2D eigenvalue weighted by Crippen LogP contribution is -2.41. The minimum atomic E-state index is -0.599. The molecule has 3 N–H and O–H groups in total. The van der Waals surface area contributed by atoms with E-state index in [0.717, 1.165) is 10.6 Å². The van der Waals surface area contributed by atoms with Gasteiger partial charge in [-0.1, -0.05) is 29.3 Å². The maximum absolute atomic E-state index is 12.2. The van der Waals surface area contributed by atoms with Crippen LogP contribution < -0.4 is 11.1 Å². The van der Waals surface area contributed by atoms with Crippen LogP contribution in [0, 0.1) is 0 Å². The number of thiazole rings is 1. The number of nitrogens with two attached hydrogens (primary N) is 1. The highest BCUT2D eigenvalue weighted by Gasteiger charge is 2.25. The first-order valence-electron chi connectivity index (χ1n) is 6.26. The second kappa shape index (κ2) is 7.62. The first kappa shape index (κ1) is 19.2. The Kier molecular flexibility index (Phi) is 6.65. The van der Waals surface area contributed by atoms with E-state index < -0.39 is 5.54 Å². The third-order valence-electron chi connectivity index (χ3n) is 3.03. The second-order valence-corrected chi connectivity index (χ2v) is 6.80. The molecule has 0 aliphatic rings. The zero-order valence-corrected chi connectivity index (χ0v) is 15.2. The van der Waals surface area contributed by atoms with E-state index in [9.17, 15) is 4.79 Å². The number of carbonyl (C=O) groups excluding carboxylic acids is 1. The summed E-state index contributed by atoms with van der Waals surface area (Å²) in [7, 11) is 0. The smallest absolute Gasteiger partial charge is 0.271 e. The van der Waals surface area contributed by atoms with Gasteiger partial charge < -0.3 is 11.1 Å². The van der Waals surface area contributed by atoms with Gasteiger partial charge in [0.1, 0.15) is 10.7 Å². The van der Waals surface area contributed by atoms with Gasteiger partial charge in [0, 0.05) is 11.9 Å². The highest BCUT2D eigenvalue weighted by atomic mass is 35.5. The van der Waals surface area contributed by atoms with Gasteiger partial charge in [0.25, 0.3) is 5.91 Å². The van der Waals surface area contributed by atoms with E-state index in [1.165, 1.54) is 11.3 Å². The fourth-order valence-corrected chi connectivity index (χ4v) is 2.77. The van der Waals surface area contributed by atoms with Crippen LogP contribution in [0.15, 0.2) is 23.6 Å². The van der Waals surface area contributed by atoms with Crippen molar-refractivity contribution in [2.75, 3.05) is 0 Å². The second-order valence-electron chi connectivity index (χ2n) is 5.04. The number of hydrogen-bond donors (Lipinski definition) is 2. The number of halogens is 3. The first-order valence-corrected chi connectivity index (χ1v) is 7.89. The Morgan fingerprint density at radius 1 is 1.36 bits per heavy atom. The molecule has 8 heteroatoms. The number of rotatable bonds is 4.